The minimum absolute atomic E-state index is 0.136. The third-order valence-electron chi connectivity index (χ3n) is 4.26. The summed E-state index contributed by atoms with van der Waals surface area (Å²) in [6, 6.07) is 17.9. The Kier molecular flexibility index (Phi) is 6.83. The van der Waals surface area contributed by atoms with Crippen LogP contribution in [0, 0.1) is 13.8 Å². The molecule has 0 heterocycles. The molecule has 0 nitrogen and oxygen atoms in total. The first-order valence-corrected chi connectivity index (χ1v) is 14.4. The molecule has 0 aliphatic heterocycles. The van der Waals surface area contributed by atoms with E-state index in [1.807, 2.05) is 0 Å². The van der Waals surface area contributed by atoms with Crippen LogP contribution in [0.15, 0.2) is 48.5 Å². The molecule has 3 aromatic rings. The molecule has 0 saturated carbocycles. The van der Waals surface area contributed by atoms with E-state index in [2.05, 4.69) is 83.1 Å². The van der Waals surface area contributed by atoms with Crippen molar-refractivity contribution in [2.45, 2.75) is 40.0 Å². The summed E-state index contributed by atoms with van der Waals surface area (Å²) in [6.07, 6.45) is 0. The van der Waals surface area contributed by atoms with Crippen molar-refractivity contribution in [1.82, 2.24) is 0 Å². The summed E-state index contributed by atoms with van der Waals surface area (Å²) in [4.78, 5) is 0. The van der Waals surface area contributed by atoms with E-state index in [-0.39, 0.29) is 5.41 Å². The van der Waals surface area contributed by atoms with Crippen LogP contribution in [0.3, 0.4) is 0 Å². The first-order valence-electron chi connectivity index (χ1n) is 8.02. The van der Waals surface area contributed by atoms with Gasteiger partial charge in [0.25, 0.3) is 0 Å². The first kappa shape index (κ1) is 19.8. The zero-order valence-corrected chi connectivity index (χ0v) is 18.8. The molecule has 0 spiro atoms. The Morgan fingerprint density at radius 2 is 1.58 bits per heavy atom. The summed E-state index contributed by atoms with van der Waals surface area (Å²) in [5, 5.41) is 2.73. The van der Waals surface area contributed by atoms with E-state index in [4.69, 9.17) is 17.0 Å². The van der Waals surface area contributed by atoms with E-state index < -0.39 is 20.8 Å². The van der Waals surface area contributed by atoms with E-state index in [1.54, 1.807) is 0 Å². The number of rotatable bonds is 1. The molecule has 0 aliphatic rings. The van der Waals surface area contributed by atoms with E-state index in [1.165, 1.54) is 38.6 Å². The van der Waals surface area contributed by atoms with Gasteiger partial charge in [-0.15, -0.1) is 34.5 Å². The zero-order chi connectivity index (χ0) is 17.9. The monoisotopic (exact) mass is 435 g/mol. The number of benzene rings is 2. The molecule has 0 aromatic heterocycles. The molecule has 3 aromatic carbocycles. The van der Waals surface area contributed by atoms with Crippen molar-refractivity contribution >= 4 is 27.8 Å². The summed E-state index contributed by atoms with van der Waals surface area (Å²) in [7, 11) is 9.87. The molecular weight excluding hydrogens is 414 g/mol. The van der Waals surface area contributed by atoms with Crippen molar-refractivity contribution in [3.05, 3.63) is 65.2 Å². The molecule has 0 radical (unpaired) electrons. The third-order valence-corrected chi connectivity index (χ3v) is 4.26. The summed E-state index contributed by atoms with van der Waals surface area (Å²) in [6.45, 7) is 11.3. The molecule has 0 atom stereocenters. The standard InChI is InChI=1S/C21H23.2ClH.Zr/c1-14-12-16-10-11-19(21(3,4)5)20(18(16)13-14)17-9-7-6-8-15(17)2;;;/h6-13H,1-5H3;2*1H;/q-1;;;+2/p-2. The van der Waals surface area contributed by atoms with Gasteiger partial charge in [0.1, 0.15) is 0 Å². The minimum atomic E-state index is -0.826. The third kappa shape index (κ3) is 4.37. The van der Waals surface area contributed by atoms with Crippen LogP contribution in [0.4, 0.5) is 0 Å². The van der Waals surface area contributed by atoms with Gasteiger partial charge in [-0.1, -0.05) is 63.1 Å². The Morgan fingerprint density at radius 1 is 0.958 bits per heavy atom. The molecule has 126 valence electrons. The fourth-order valence-corrected chi connectivity index (χ4v) is 3.20. The van der Waals surface area contributed by atoms with Crippen LogP contribution in [0.1, 0.15) is 37.5 Å². The van der Waals surface area contributed by atoms with E-state index in [0.29, 0.717) is 0 Å². The SMILES string of the molecule is Cc1cc2c(-c3ccccc3C)c(C(C)(C)C)ccc2[cH-]1.[Cl][Zr][Cl]. The molecule has 0 aliphatic carbocycles. The van der Waals surface area contributed by atoms with Gasteiger partial charge < -0.3 is 0 Å². The topological polar surface area (TPSA) is 0 Å². The maximum absolute atomic E-state index is 4.93. The number of hydrogen-bond acceptors (Lipinski definition) is 0. The van der Waals surface area contributed by atoms with Crippen LogP contribution < -0.4 is 0 Å². The number of fused-ring (bicyclic) bond motifs is 1. The first-order chi connectivity index (χ1) is 11.3. The van der Waals surface area contributed by atoms with Gasteiger partial charge in [-0.3, -0.25) is 0 Å². The fourth-order valence-electron chi connectivity index (χ4n) is 3.20. The molecule has 3 rings (SSSR count). The Hall–Kier alpha value is -0.487. The van der Waals surface area contributed by atoms with Gasteiger partial charge in [0.05, 0.1) is 0 Å². The molecule has 0 fully saturated rings. The van der Waals surface area contributed by atoms with Crippen LogP contribution in [-0.4, -0.2) is 0 Å². The molecule has 0 unspecified atom stereocenters. The van der Waals surface area contributed by atoms with E-state index in [0.717, 1.165) is 0 Å². The summed E-state index contributed by atoms with van der Waals surface area (Å²) in [5.74, 6) is 0. The number of hydrogen-bond donors (Lipinski definition) is 0. The predicted octanol–water partition coefficient (Wildman–Crippen LogP) is 7.52. The van der Waals surface area contributed by atoms with Crippen molar-refractivity contribution in [1.29, 1.82) is 0 Å². The summed E-state index contributed by atoms with van der Waals surface area (Å²) in [5.41, 5.74) is 7.01. The fraction of sp³-hybridized carbons (Fsp3) is 0.286. The van der Waals surface area contributed by atoms with Crippen LogP contribution in [0.2, 0.25) is 0 Å². The Labute approximate surface area is 164 Å². The molecule has 24 heavy (non-hydrogen) atoms. The van der Waals surface area contributed by atoms with Crippen LogP contribution in [-0.2, 0) is 26.3 Å². The van der Waals surface area contributed by atoms with Gasteiger partial charge in [0.15, 0.2) is 0 Å². The van der Waals surface area contributed by atoms with Crippen molar-refractivity contribution in [3.8, 4) is 11.1 Å². The van der Waals surface area contributed by atoms with Crippen molar-refractivity contribution in [2.24, 2.45) is 0 Å². The number of aryl methyl sites for hydroxylation is 2. The van der Waals surface area contributed by atoms with Gasteiger partial charge in [-0.2, -0.15) is 6.07 Å². The normalized spacial score (nSPS) is 11.1. The molecular formula is C21H23Cl2Zr-. The molecule has 0 saturated heterocycles. The average molecular weight is 438 g/mol. The van der Waals surface area contributed by atoms with E-state index >= 15 is 0 Å². The second kappa shape index (κ2) is 8.26. The van der Waals surface area contributed by atoms with E-state index in [9.17, 15) is 0 Å². The van der Waals surface area contributed by atoms with Gasteiger partial charge in [0, 0.05) is 0 Å². The zero-order valence-electron chi connectivity index (χ0n) is 14.9. The van der Waals surface area contributed by atoms with Crippen LogP contribution in [0.5, 0.6) is 0 Å². The van der Waals surface area contributed by atoms with Crippen LogP contribution in [0.25, 0.3) is 21.9 Å². The molecule has 0 bridgehead atoms. The molecule has 0 N–H and O–H groups in total. The second-order valence-electron chi connectivity index (χ2n) is 7.16. The quantitative estimate of drug-likeness (QED) is 0.346. The number of halogens is 2. The van der Waals surface area contributed by atoms with Crippen molar-refractivity contribution in [2.75, 3.05) is 0 Å². The maximum atomic E-state index is 4.93. The van der Waals surface area contributed by atoms with Gasteiger partial charge >= 0.3 is 37.9 Å². The van der Waals surface area contributed by atoms with Gasteiger partial charge in [0.2, 0.25) is 0 Å². The van der Waals surface area contributed by atoms with Crippen molar-refractivity contribution < 1.29 is 20.8 Å². The predicted molar refractivity (Wildman–Crippen MR) is 105 cm³/mol. The Morgan fingerprint density at radius 3 is 2.17 bits per heavy atom. The van der Waals surface area contributed by atoms with Crippen molar-refractivity contribution in [3.63, 3.8) is 0 Å². The molecule has 3 heteroatoms. The second-order valence-corrected chi connectivity index (χ2v) is 10.9. The van der Waals surface area contributed by atoms with Crippen LogP contribution >= 0.6 is 17.0 Å². The Balaban J connectivity index is 0.000000647. The van der Waals surface area contributed by atoms with Gasteiger partial charge in [-0.25, -0.2) is 0 Å². The summed E-state index contributed by atoms with van der Waals surface area (Å²) < 4.78 is 0. The van der Waals surface area contributed by atoms with Gasteiger partial charge in [-0.05, 0) is 23.5 Å². The Bertz CT molecular complexity index is 825. The average Bonchev–Trinajstić information content (AvgIpc) is 2.87. The summed E-state index contributed by atoms with van der Waals surface area (Å²) >= 11 is -0.826. The molecule has 0 amide bonds.